The first-order valence-corrected chi connectivity index (χ1v) is 50.9. The lowest BCUT2D eigenvalue weighted by atomic mass is 9.70. The molecule has 1 aliphatic carbocycles. The number of para-hydroxylation sites is 2. The van der Waals surface area contributed by atoms with Crippen LogP contribution in [0.5, 0.6) is 0 Å². The van der Waals surface area contributed by atoms with Gasteiger partial charge in [0, 0.05) is 73.7 Å². The Bertz CT molecular complexity index is 6810. The van der Waals surface area contributed by atoms with Crippen molar-refractivity contribution in [1.82, 2.24) is 0 Å². The van der Waals surface area contributed by atoms with Gasteiger partial charge < -0.3 is 19.6 Å². The van der Waals surface area contributed by atoms with Gasteiger partial charge in [0.2, 0.25) is 0 Å². The van der Waals surface area contributed by atoms with Gasteiger partial charge in [-0.2, -0.15) is 0 Å². The fourth-order valence-electron chi connectivity index (χ4n) is 21.2. The third-order valence-corrected chi connectivity index (χ3v) is 28.7. The van der Waals surface area contributed by atoms with Crippen LogP contribution in [-0.4, -0.2) is 0 Å². The molecule has 0 heterocycles. The van der Waals surface area contributed by atoms with Crippen molar-refractivity contribution in [3.63, 3.8) is 0 Å². The van der Waals surface area contributed by atoms with Gasteiger partial charge in [0.1, 0.15) is 0 Å². The summed E-state index contributed by atoms with van der Waals surface area (Å²) in [5.41, 5.74) is 42.3. The molecule has 4 nitrogen and oxygen atoms in total. The highest BCUT2D eigenvalue weighted by atomic mass is 15.2. The Morgan fingerprint density at radius 2 is 0.298 bits per heavy atom. The van der Waals surface area contributed by atoms with Gasteiger partial charge in [0.15, 0.2) is 0 Å². The van der Waals surface area contributed by atoms with Gasteiger partial charge in [-0.25, -0.2) is 0 Å². The minimum atomic E-state index is -0.247. The van der Waals surface area contributed by atoms with Gasteiger partial charge in [-0.05, 0) is 316 Å². The first kappa shape index (κ1) is 91.0. The van der Waals surface area contributed by atoms with Gasteiger partial charge in [0.25, 0.3) is 0 Å². The second kappa shape index (κ2) is 43.1. The number of rotatable bonds is 36. The molecule has 4 heteroatoms. The minimum Gasteiger partial charge on any atom is -0.311 e. The fourth-order valence-corrected chi connectivity index (χ4v) is 21.2. The summed E-state index contributed by atoms with van der Waals surface area (Å²) < 4.78 is 0. The van der Waals surface area contributed by atoms with Crippen LogP contribution in [0, 0.1) is 0 Å². The topological polar surface area (TPSA) is 13.0 Å². The molecular formula is C137H118N4. The number of hydrogen-bond donors (Lipinski definition) is 0. The van der Waals surface area contributed by atoms with E-state index in [1.54, 1.807) is 0 Å². The maximum atomic E-state index is 2.62. The van der Waals surface area contributed by atoms with E-state index in [0.29, 0.717) is 0 Å². The van der Waals surface area contributed by atoms with Crippen molar-refractivity contribution in [2.75, 3.05) is 19.6 Å². The summed E-state index contributed by atoms with van der Waals surface area (Å²) in [4.78, 5) is 9.77. The van der Waals surface area contributed by atoms with Crippen LogP contribution in [0.15, 0.2) is 510 Å². The highest BCUT2D eigenvalue weighted by molar-refractivity contribution is 5.92. The molecule has 0 saturated heterocycles. The lowest BCUT2D eigenvalue weighted by molar-refractivity contribution is 0.398. The molecule has 0 saturated carbocycles. The maximum Gasteiger partial charge on any atom is 0.0465 e. The van der Waals surface area contributed by atoms with Gasteiger partial charge in [-0.15, -0.1) is 0 Å². The lowest BCUT2D eigenvalue weighted by Crippen LogP contribution is -2.26. The first-order chi connectivity index (χ1) is 69.8. The van der Waals surface area contributed by atoms with Crippen molar-refractivity contribution < 1.29 is 0 Å². The standard InChI is InChI=1S/C137H118N4/c1-3-5-7-9-11-31-93-137(94-32-12-10-8-6-4-2)135-99-131(140(121-53-27-17-28-54-121)129-77-61-107(62-78-129)105-57-73-123(74-58-105)138(125-81-65-109(66-82-125)117-49-33-45-113(95-117)101-37-19-13-20-38-101)126-83-67-110(68-84-126)118-50-34-46-114(96-118)102-39-21-14-22-40-102)89-91-133(135)134-92-90-132(100-136(134)137)141(122-55-29-18-30-56-122)130-79-63-108(64-80-130)106-59-75-124(76-60-106)139(127-85-69-111(70-86-127)119-51-35-47-115(97-119)103-41-23-15-24-42-103)128-87-71-112(72-88-128)120-52-36-48-116(98-120)104-43-25-16-26-44-104/h13-30,33-92,95-100H,3-12,31-32,93-94H2,1-2H3. The molecule has 0 atom stereocenters. The fraction of sp³-hybridized carbons (Fsp3) is 0.124. The third-order valence-electron chi connectivity index (χ3n) is 28.7. The Morgan fingerprint density at radius 1 is 0.135 bits per heavy atom. The molecule has 20 aromatic rings. The highest BCUT2D eigenvalue weighted by Crippen LogP contribution is 2.58. The van der Waals surface area contributed by atoms with E-state index in [0.717, 1.165) is 105 Å². The summed E-state index contributed by atoms with van der Waals surface area (Å²) >= 11 is 0. The van der Waals surface area contributed by atoms with Crippen LogP contribution in [0.25, 0.3) is 122 Å². The van der Waals surface area contributed by atoms with E-state index in [4.69, 9.17) is 0 Å². The summed E-state index contributed by atoms with van der Waals surface area (Å²) in [5, 5.41) is 0. The van der Waals surface area contributed by atoms with Crippen LogP contribution in [0.2, 0.25) is 0 Å². The van der Waals surface area contributed by atoms with Crippen molar-refractivity contribution in [2.45, 2.75) is 109 Å². The van der Waals surface area contributed by atoms with Crippen LogP contribution in [-0.2, 0) is 5.41 Å². The summed E-state index contributed by atoms with van der Waals surface area (Å²) in [6.07, 6.45) is 17.0. The quantitative estimate of drug-likeness (QED) is 0.0363. The van der Waals surface area contributed by atoms with Gasteiger partial charge >= 0.3 is 0 Å². The predicted molar refractivity (Wildman–Crippen MR) is 602 cm³/mol. The largest absolute Gasteiger partial charge is 0.311 e. The molecule has 0 aromatic heterocycles. The second-order valence-electron chi connectivity index (χ2n) is 37.8. The monoisotopic (exact) mass is 1820 g/mol. The Kier molecular flexibility index (Phi) is 27.8. The van der Waals surface area contributed by atoms with Crippen molar-refractivity contribution in [1.29, 1.82) is 0 Å². The van der Waals surface area contributed by atoms with Crippen molar-refractivity contribution >= 4 is 68.2 Å². The van der Waals surface area contributed by atoms with Gasteiger partial charge in [0.05, 0.1) is 0 Å². The molecule has 0 fully saturated rings. The van der Waals surface area contributed by atoms with Crippen LogP contribution in [0.3, 0.4) is 0 Å². The Hall–Kier alpha value is -16.4. The molecule has 0 amide bonds. The molecule has 0 N–H and O–H groups in total. The number of anilines is 12. The molecule has 21 rings (SSSR count). The van der Waals surface area contributed by atoms with E-state index in [1.165, 1.54) is 187 Å². The number of nitrogens with zero attached hydrogens (tertiary/aromatic N) is 4. The van der Waals surface area contributed by atoms with Crippen LogP contribution >= 0.6 is 0 Å². The van der Waals surface area contributed by atoms with E-state index in [-0.39, 0.29) is 5.41 Å². The molecule has 141 heavy (non-hydrogen) atoms. The lowest BCUT2D eigenvalue weighted by Gasteiger charge is -2.35. The zero-order chi connectivity index (χ0) is 94.9. The van der Waals surface area contributed by atoms with Crippen LogP contribution < -0.4 is 19.6 Å². The maximum absolute atomic E-state index is 2.62. The highest BCUT2D eigenvalue weighted by Gasteiger charge is 2.44. The minimum absolute atomic E-state index is 0.247. The smallest absolute Gasteiger partial charge is 0.0465 e. The van der Waals surface area contributed by atoms with Crippen LogP contribution in [0.4, 0.5) is 68.2 Å². The SMILES string of the molecule is CCCCCCCCC1(CCCCCCCC)c2cc(N(c3ccccc3)c3ccc(-c4ccc(N(c5ccc(-c6cccc(-c7ccccc7)c6)cc5)c5ccc(-c6cccc(-c7ccccc7)c6)cc5)cc4)cc3)ccc2-c2ccc(N(c3ccccc3)c3ccc(-c4ccc(N(c5ccc(-c6cccc(-c7ccccc7)c6)cc5)c5ccc(-c6cccc(-c7ccccc7)c6)cc5)cc4)cc3)cc21. The molecule has 686 valence electrons. The summed E-state index contributed by atoms with van der Waals surface area (Å²) in [5.74, 6) is 0. The summed E-state index contributed by atoms with van der Waals surface area (Å²) in [6, 6.07) is 189. The van der Waals surface area contributed by atoms with E-state index in [2.05, 4.69) is 543 Å². The number of hydrogen-bond acceptors (Lipinski definition) is 4. The van der Waals surface area contributed by atoms with E-state index in [9.17, 15) is 0 Å². The molecule has 1 aliphatic rings. The second-order valence-corrected chi connectivity index (χ2v) is 37.8. The van der Waals surface area contributed by atoms with Crippen LogP contribution in [0.1, 0.15) is 115 Å². The van der Waals surface area contributed by atoms with Gasteiger partial charge in [-0.3, -0.25) is 0 Å². The Morgan fingerprint density at radius 3 is 0.518 bits per heavy atom. The third kappa shape index (κ3) is 20.4. The average Bonchev–Trinajstić information content (AvgIpc) is 1.55. The number of fused-ring (bicyclic) bond motifs is 3. The molecule has 0 spiro atoms. The average molecular weight is 1820 g/mol. The van der Waals surface area contributed by atoms with Crippen molar-refractivity contribution in [3.05, 3.63) is 521 Å². The number of benzene rings is 20. The molecule has 0 unspecified atom stereocenters. The van der Waals surface area contributed by atoms with E-state index in [1.807, 2.05) is 0 Å². The molecular weight excluding hydrogens is 1700 g/mol. The molecule has 20 aromatic carbocycles. The molecule has 0 bridgehead atoms. The Balaban J connectivity index is 0.592. The van der Waals surface area contributed by atoms with E-state index >= 15 is 0 Å². The summed E-state index contributed by atoms with van der Waals surface area (Å²) in [7, 11) is 0. The number of unbranched alkanes of at least 4 members (excludes halogenated alkanes) is 10. The predicted octanol–water partition coefficient (Wildman–Crippen LogP) is 40.0. The van der Waals surface area contributed by atoms with Gasteiger partial charge in [-0.1, -0.05) is 431 Å². The molecule has 0 radical (unpaired) electrons. The van der Waals surface area contributed by atoms with E-state index < -0.39 is 0 Å². The van der Waals surface area contributed by atoms with Crippen molar-refractivity contribution in [2.24, 2.45) is 0 Å². The zero-order valence-electron chi connectivity index (χ0n) is 80.7. The molecule has 0 aliphatic heterocycles. The zero-order valence-corrected chi connectivity index (χ0v) is 80.7. The normalized spacial score (nSPS) is 11.8. The summed E-state index contributed by atoms with van der Waals surface area (Å²) in [6.45, 7) is 4.67. The van der Waals surface area contributed by atoms with Crippen molar-refractivity contribution in [3.8, 4) is 122 Å². The first-order valence-electron chi connectivity index (χ1n) is 50.9. The Labute approximate surface area is 834 Å².